The largest absolute Gasteiger partial charge is 0.490 e. The summed E-state index contributed by atoms with van der Waals surface area (Å²) in [6, 6.07) is 6.41. The van der Waals surface area contributed by atoms with Crippen LogP contribution in [0.4, 0.5) is 0 Å². The van der Waals surface area contributed by atoms with Crippen molar-refractivity contribution in [2.24, 2.45) is 0 Å². The first-order chi connectivity index (χ1) is 9.52. The first-order valence-electron chi connectivity index (χ1n) is 6.93. The number of halogens is 1. The molecule has 0 aromatic heterocycles. The van der Waals surface area contributed by atoms with E-state index in [1.807, 2.05) is 25.1 Å². The van der Waals surface area contributed by atoms with Gasteiger partial charge in [0.2, 0.25) is 0 Å². The van der Waals surface area contributed by atoms with Gasteiger partial charge < -0.3 is 19.9 Å². The minimum atomic E-state index is -0.607. The molecule has 2 N–H and O–H groups in total. The third-order valence-corrected chi connectivity index (χ3v) is 3.28. The Kier molecular flexibility index (Phi) is 8.14. The Labute approximate surface area is 129 Å². The third-order valence-electron chi connectivity index (χ3n) is 2.66. The Morgan fingerprint density at radius 1 is 1.30 bits per heavy atom. The highest BCUT2D eigenvalue weighted by atomic mass is 79.9. The number of ether oxygens (including phenoxy) is 2. The van der Waals surface area contributed by atoms with Gasteiger partial charge in [-0.25, -0.2) is 0 Å². The van der Waals surface area contributed by atoms with Crippen LogP contribution in [0.15, 0.2) is 22.7 Å². The lowest BCUT2D eigenvalue weighted by molar-refractivity contribution is 0.0163. The molecule has 1 aromatic rings. The van der Waals surface area contributed by atoms with Crippen LogP contribution in [0, 0.1) is 0 Å². The van der Waals surface area contributed by atoms with Crippen LogP contribution in [0.1, 0.15) is 26.3 Å². The Bertz CT molecular complexity index is 399. The molecule has 0 aliphatic carbocycles. The summed E-state index contributed by atoms with van der Waals surface area (Å²) < 4.78 is 11.6. The van der Waals surface area contributed by atoms with Crippen molar-refractivity contribution in [3.8, 4) is 5.75 Å². The van der Waals surface area contributed by atoms with Gasteiger partial charge in [-0.1, -0.05) is 19.9 Å². The van der Waals surface area contributed by atoms with Gasteiger partial charge in [-0.05, 0) is 40.5 Å². The van der Waals surface area contributed by atoms with E-state index in [9.17, 15) is 5.11 Å². The van der Waals surface area contributed by atoms with Gasteiger partial charge in [-0.3, -0.25) is 0 Å². The van der Waals surface area contributed by atoms with Gasteiger partial charge in [0.25, 0.3) is 0 Å². The summed E-state index contributed by atoms with van der Waals surface area (Å²) in [5, 5.41) is 13.0. The Morgan fingerprint density at radius 2 is 2.05 bits per heavy atom. The summed E-state index contributed by atoms with van der Waals surface area (Å²) in [4.78, 5) is 0. The minimum absolute atomic E-state index is 0.224. The van der Waals surface area contributed by atoms with E-state index in [4.69, 9.17) is 9.47 Å². The zero-order valence-electron chi connectivity index (χ0n) is 12.4. The normalized spacial score (nSPS) is 12.7. The fourth-order valence-corrected chi connectivity index (χ4v) is 2.12. The second-order valence-corrected chi connectivity index (χ2v) is 5.78. The van der Waals surface area contributed by atoms with Crippen molar-refractivity contribution in [2.45, 2.75) is 39.5 Å². The van der Waals surface area contributed by atoms with Crippen LogP contribution in [0.5, 0.6) is 5.75 Å². The van der Waals surface area contributed by atoms with E-state index in [1.165, 1.54) is 5.56 Å². The summed E-state index contributed by atoms with van der Waals surface area (Å²) in [6.45, 7) is 8.07. The predicted molar refractivity (Wildman–Crippen MR) is 84.1 cm³/mol. The second kappa shape index (κ2) is 9.34. The third kappa shape index (κ3) is 6.70. The Morgan fingerprint density at radius 3 is 2.65 bits per heavy atom. The summed E-state index contributed by atoms with van der Waals surface area (Å²) in [6.07, 6.45) is -0.607. The molecular weight excluding hydrogens is 322 g/mol. The second-order valence-electron chi connectivity index (χ2n) is 4.92. The van der Waals surface area contributed by atoms with E-state index in [-0.39, 0.29) is 6.61 Å². The number of hydrogen-bond acceptors (Lipinski definition) is 4. The van der Waals surface area contributed by atoms with E-state index < -0.39 is 6.10 Å². The van der Waals surface area contributed by atoms with E-state index >= 15 is 0 Å². The summed E-state index contributed by atoms with van der Waals surface area (Å²) in [5.74, 6) is 0.730. The number of nitrogens with one attached hydrogen (secondary N) is 1. The average Bonchev–Trinajstić information content (AvgIpc) is 2.41. The maximum absolute atomic E-state index is 9.66. The molecular formula is C15H24BrNO3. The lowest BCUT2D eigenvalue weighted by atomic mass is 10.2. The predicted octanol–water partition coefficient (Wildman–Crippen LogP) is 2.72. The van der Waals surface area contributed by atoms with Gasteiger partial charge in [0.05, 0.1) is 11.1 Å². The number of benzene rings is 1. The molecule has 0 spiro atoms. The standard InChI is InChI=1S/C15H24BrNO3/c1-4-19-9-13(18)10-20-15-6-5-12(7-14(15)16)8-17-11(2)3/h5-7,11,13,17-18H,4,8-10H2,1-3H3. The SMILES string of the molecule is CCOCC(O)COc1ccc(CNC(C)C)cc1Br. The molecule has 4 nitrogen and oxygen atoms in total. The van der Waals surface area contributed by atoms with Gasteiger partial charge in [-0.15, -0.1) is 0 Å². The average molecular weight is 346 g/mol. The molecule has 1 rings (SSSR count). The highest BCUT2D eigenvalue weighted by Gasteiger charge is 2.08. The molecule has 0 saturated heterocycles. The van der Waals surface area contributed by atoms with Crippen molar-refractivity contribution in [2.75, 3.05) is 19.8 Å². The molecule has 114 valence electrons. The Balaban J connectivity index is 2.47. The van der Waals surface area contributed by atoms with Gasteiger partial charge in [0, 0.05) is 19.2 Å². The van der Waals surface area contributed by atoms with Crippen LogP contribution in [0.25, 0.3) is 0 Å². The monoisotopic (exact) mass is 345 g/mol. The highest BCUT2D eigenvalue weighted by molar-refractivity contribution is 9.10. The van der Waals surface area contributed by atoms with Gasteiger partial charge >= 0.3 is 0 Å². The number of hydrogen-bond donors (Lipinski definition) is 2. The molecule has 1 unspecified atom stereocenters. The lowest BCUT2D eigenvalue weighted by Crippen LogP contribution is -2.23. The van der Waals surface area contributed by atoms with Crippen LogP contribution in [-0.4, -0.2) is 37.1 Å². The zero-order chi connectivity index (χ0) is 15.0. The topological polar surface area (TPSA) is 50.7 Å². The number of aliphatic hydroxyl groups is 1. The van der Waals surface area contributed by atoms with Crippen molar-refractivity contribution in [3.05, 3.63) is 28.2 Å². The van der Waals surface area contributed by atoms with Gasteiger partial charge in [-0.2, -0.15) is 0 Å². The van der Waals surface area contributed by atoms with Gasteiger partial charge in [0.15, 0.2) is 0 Å². The molecule has 0 aliphatic heterocycles. The van der Waals surface area contributed by atoms with Crippen molar-refractivity contribution in [1.29, 1.82) is 0 Å². The number of rotatable bonds is 9. The molecule has 1 aromatic carbocycles. The Hall–Kier alpha value is -0.620. The van der Waals surface area contributed by atoms with E-state index in [0.717, 1.165) is 16.8 Å². The quantitative estimate of drug-likeness (QED) is 0.722. The van der Waals surface area contributed by atoms with Crippen LogP contribution in [0.2, 0.25) is 0 Å². The zero-order valence-corrected chi connectivity index (χ0v) is 13.9. The molecule has 1 atom stereocenters. The van der Waals surface area contributed by atoms with Crippen LogP contribution in [0.3, 0.4) is 0 Å². The van der Waals surface area contributed by atoms with Crippen molar-refractivity contribution in [1.82, 2.24) is 5.32 Å². The molecule has 0 aliphatic rings. The molecule has 0 fully saturated rings. The van der Waals surface area contributed by atoms with E-state index in [0.29, 0.717) is 19.3 Å². The lowest BCUT2D eigenvalue weighted by Gasteiger charge is -2.14. The van der Waals surface area contributed by atoms with Crippen molar-refractivity contribution < 1.29 is 14.6 Å². The maximum Gasteiger partial charge on any atom is 0.133 e. The first-order valence-corrected chi connectivity index (χ1v) is 7.72. The molecule has 0 radical (unpaired) electrons. The van der Waals surface area contributed by atoms with Crippen molar-refractivity contribution in [3.63, 3.8) is 0 Å². The smallest absolute Gasteiger partial charge is 0.133 e. The first kappa shape index (κ1) is 17.4. The fraction of sp³-hybridized carbons (Fsp3) is 0.600. The summed E-state index contributed by atoms with van der Waals surface area (Å²) >= 11 is 3.49. The molecule has 0 saturated carbocycles. The summed E-state index contributed by atoms with van der Waals surface area (Å²) in [7, 11) is 0. The summed E-state index contributed by atoms with van der Waals surface area (Å²) in [5.41, 5.74) is 1.19. The van der Waals surface area contributed by atoms with Crippen LogP contribution in [-0.2, 0) is 11.3 Å². The van der Waals surface area contributed by atoms with E-state index in [1.54, 1.807) is 0 Å². The number of aliphatic hydroxyl groups excluding tert-OH is 1. The highest BCUT2D eigenvalue weighted by Crippen LogP contribution is 2.26. The molecule has 0 heterocycles. The maximum atomic E-state index is 9.66. The fourth-order valence-electron chi connectivity index (χ4n) is 1.58. The van der Waals surface area contributed by atoms with E-state index in [2.05, 4.69) is 35.1 Å². The van der Waals surface area contributed by atoms with Crippen LogP contribution < -0.4 is 10.1 Å². The van der Waals surface area contributed by atoms with Gasteiger partial charge in [0.1, 0.15) is 18.5 Å². The van der Waals surface area contributed by atoms with Crippen molar-refractivity contribution >= 4 is 15.9 Å². The van der Waals surface area contributed by atoms with Crippen LogP contribution >= 0.6 is 15.9 Å². The molecule has 0 bridgehead atoms. The minimum Gasteiger partial charge on any atom is -0.490 e. The molecule has 20 heavy (non-hydrogen) atoms. The molecule has 0 amide bonds. The molecule has 5 heteroatoms.